The molecule has 2 aliphatic rings. The number of methoxy groups -OCH3 is 1. The molecule has 0 aromatic heterocycles. The second-order valence-electron chi connectivity index (χ2n) is 9.13. The lowest BCUT2D eigenvalue weighted by Crippen LogP contribution is -2.47. The van der Waals surface area contributed by atoms with Gasteiger partial charge >= 0.3 is 0 Å². The van der Waals surface area contributed by atoms with Crippen LogP contribution in [0.5, 0.6) is 0 Å². The number of rotatable bonds is 12. The maximum atomic E-state index is 6.14. The van der Waals surface area contributed by atoms with E-state index in [2.05, 4.69) is 50.9 Å². The molecule has 2 fully saturated rings. The van der Waals surface area contributed by atoms with Gasteiger partial charge in [-0.3, -0.25) is 9.89 Å². The van der Waals surface area contributed by atoms with Crippen molar-refractivity contribution in [2.75, 3.05) is 53.6 Å². The van der Waals surface area contributed by atoms with Crippen LogP contribution in [0.2, 0.25) is 0 Å². The van der Waals surface area contributed by atoms with Crippen LogP contribution in [0, 0.1) is 5.41 Å². The number of halogens is 1. The predicted octanol–water partition coefficient (Wildman–Crippen LogP) is 4.05. The average molecular weight is 559 g/mol. The van der Waals surface area contributed by atoms with Gasteiger partial charge in [0.05, 0.1) is 6.10 Å². The highest BCUT2D eigenvalue weighted by atomic mass is 127. The summed E-state index contributed by atoms with van der Waals surface area (Å²) in [6.45, 7) is 6.82. The van der Waals surface area contributed by atoms with Crippen molar-refractivity contribution >= 4 is 29.9 Å². The number of nitrogens with zero attached hydrogens (tertiary/aromatic N) is 2. The van der Waals surface area contributed by atoms with Gasteiger partial charge in [-0.15, -0.1) is 24.0 Å². The van der Waals surface area contributed by atoms with Crippen LogP contribution >= 0.6 is 24.0 Å². The quantitative estimate of drug-likeness (QED) is 0.176. The third-order valence-electron chi connectivity index (χ3n) is 6.86. The van der Waals surface area contributed by atoms with E-state index in [1.165, 1.54) is 24.8 Å². The van der Waals surface area contributed by atoms with Crippen molar-refractivity contribution in [1.29, 1.82) is 0 Å². The van der Waals surface area contributed by atoms with Gasteiger partial charge in [0, 0.05) is 60.1 Å². The molecule has 2 N–H and O–H groups in total. The maximum absolute atomic E-state index is 6.14. The Morgan fingerprint density at radius 2 is 1.88 bits per heavy atom. The Balaban J connectivity index is 0.00000363. The largest absolute Gasteiger partial charge is 0.385 e. The first kappa shape index (κ1) is 27.3. The molecule has 3 rings (SSSR count). The number of hydrogen-bond donors (Lipinski definition) is 2. The Bertz CT molecular complexity index is 647. The van der Waals surface area contributed by atoms with Gasteiger partial charge in [0.1, 0.15) is 0 Å². The molecule has 1 aliphatic heterocycles. The Morgan fingerprint density at radius 3 is 2.50 bits per heavy atom. The number of piperidine rings is 1. The van der Waals surface area contributed by atoms with Crippen molar-refractivity contribution in [2.24, 2.45) is 10.4 Å². The van der Waals surface area contributed by atoms with E-state index in [0.717, 1.165) is 77.6 Å². The smallest absolute Gasteiger partial charge is 0.190 e. The highest BCUT2D eigenvalue weighted by Gasteiger charge is 2.36. The minimum Gasteiger partial charge on any atom is -0.385 e. The van der Waals surface area contributed by atoms with E-state index in [1.54, 1.807) is 7.11 Å². The minimum absolute atomic E-state index is 0. The van der Waals surface area contributed by atoms with Gasteiger partial charge in [0.25, 0.3) is 0 Å². The van der Waals surface area contributed by atoms with Crippen molar-refractivity contribution in [3.63, 3.8) is 0 Å². The molecule has 0 unspecified atom stereocenters. The molecule has 1 aromatic carbocycles. The highest BCUT2D eigenvalue weighted by Crippen LogP contribution is 2.43. The summed E-state index contributed by atoms with van der Waals surface area (Å²) in [7, 11) is 3.63. The number of benzene rings is 1. The van der Waals surface area contributed by atoms with Crippen LogP contribution in [0.3, 0.4) is 0 Å². The van der Waals surface area contributed by atoms with Crippen LogP contribution in [0.25, 0.3) is 0 Å². The lowest BCUT2D eigenvalue weighted by Gasteiger charge is -2.42. The minimum atomic E-state index is 0. The number of likely N-dealkylation sites (tertiary alicyclic amines) is 1. The zero-order chi connectivity index (χ0) is 21.8. The molecule has 182 valence electrons. The summed E-state index contributed by atoms with van der Waals surface area (Å²) in [5.41, 5.74) is 1.79. The summed E-state index contributed by atoms with van der Waals surface area (Å²) in [5.74, 6) is 0.901. The van der Waals surface area contributed by atoms with E-state index < -0.39 is 0 Å². The monoisotopic (exact) mass is 558 g/mol. The number of ether oxygens (including phenoxy) is 2. The molecule has 1 heterocycles. The summed E-state index contributed by atoms with van der Waals surface area (Å²) < 4.78 is 11.4. The van der Waals surface area contributed by atoms with Crippen LogP contribution in [0.4, 0.5) is 0 Å². The first-order valence-electron chi connectivity index (χ1n) is 12.0. The van der Waals surface area contributed by atoms with Gasteiger partial charge in [-0.05, 0) is 49.5 Å². The van der Waals surface area contributed by atoms with Gasteiger partial charge in [0.2, 0.25) is 0 Å². The third kappa shape index (κ3) is 9.15. The molecule has 1 saturated heterocycles. The molecule has 0 bridgehead atoms. The van der Waals surface area contributed by atoms with Crippen LogP contribution in [-0.4, -0.2) is 70.5 Å². The molecule has 0 spiro atoms. The Morgan fingerprint density at radius 1 is 1.12 bits per heavy atom. The number of aliphatic imine (C=N–C) groups is 1. The van der Waals surface area contributed by atoms with Gasteiger partial charge in [-0.2, -0.15) is 0 Å². The molecule has 0 radical (unpaired) electrons. The van der Waals surface area contributed by atoms with E-state index in [0.29, 0.717) is 11.5 Å². The molecule has 1 aromatic rings. The highest BCUT2D eigenvalue weighted by molar-refractivity contribution is 14.0. The van der Waals surface area contributed by atoms with E-state index >= 15 is 0 Å². The maximum Gasteiger partial charge on any atom is 0.190 e. The number of hydrogen-bond acceptors (Lipinski definition) is 4. The summed E-state index contributed by atoms with van der Waals surface area (Å²) in [4.78, 5) is 6.91. The van der Waals surface area contributed by atoms with Gasteiger partial charge in [-0.1, -0.05) is 36.8 Å². The normalized spacial score (nSPS) is 19.1. The Labute approximate surface area is 211 Å². The number of guanidine groups is 1. The molecule has 6 nitrogen and oxygen atoms in total. The standard InChI is InChI=1S/C25H42N4O2.HI/c1-26-24(28-21-25(12-6-13-25)14-19-30-2)27-15-7-18-31-23-10-16-29(17-11-23)20-22-8-4-3-5-9-22;/h3-5,8-9,23H,6-7,10-21H2,1-2H3,(H2,26,27,28);1H. The number of nitrogens with one attached hydrogen (secondary N) is 2. The zero-order valence-corrected chi connectivity index (χ0v) is 22.3. The van der Waals surface area contributed by atoms with Gasteiger partial charge in [-0.25, -0.2) is 0 Å². The lowest BCUT2D eigenvalue weighted by atomic mass is 9.67. The fourth-order valence-corrected chi connectivity index (χ4v) is 4.61. The molecule has 0 amide bonds. The van der Waals surface area contributed by atoms with E-state index in [1.807, 2.05) is 7.05 Å². The van der Waals surface area contributed by atoms with E-state index in [9.17, 15) is 0 Å². The van der Waals surface area contributed by atoms with Crippen LogP contribution < -0.4 is 10.6 Å². The summed E-state index contributed by atoms with van der Waals surface area (Å²) >= 11 is 0. The Kier molecular flexibility index (Phi) is 12.9. The van der Waals surface area contributed by atoms with E-state index in [4.69, 9.17) is 9.47 Å². The summed E-state index contributed by atoms with van der Waals surface area (Å²) in [5, 5.41) is 6.96. The van der Waals surface area contributed by atoms with Gasteiger partial charge in [0.15, 0.2) is 5.96 Å². The summed E-state index contributed by atoms with van der Waals surface area (Å²) in [6, 6.07) is 10.7. The Hall–Kier alpha value is -0.900. The van der Waals surface area contributed by atoms with Crippen LogP contribution in [0.1, 0.15) is 50.5 Å². The molecular weight excluding hydrogens is 515 g/mol. The molecule has 0 atom stereocenters. The average Bonchev–Trinajstić information content (AvgIpc) is 2.78. The van der Waals surface area contributed by atoms with Gasteiger partial charge < -0.3 is 20.1 Å². The lowest BCUT2D eigenvalue weighted by molar-refractivity contribution is 0.00533. The second kappa shape index (κ2) is 15.1. The molecule has 1 saturated carbocycles. The topological polar surface area (TPSA) is 58.1 Å². The second-order valence-corrected chi connectivity index (χ2v) is 9.13. The van der Waals surface area contributed by atoms with Crippen molar-refractivity contribution in [3.05, 3.63) is 35.9 Å². The first-order chi connectivity index (χ1) is 15.2. The summed E-state index contributed by atoms with van der Waals surface area (Å²) in [6.07, 6.45) is 8.71. The van der Waals surface area contributed by atoms with Crippen molar-refractivity contribution in [3.8, 4) is 0 Å². The molecular formula is C25H43IN4O2. The first-order valence-corrected chi connectivity index (χ1v) is 12.0. The predicted molar refractivity (Wildman–Crippen MR) is 143 cm³/mol. The molecule has 32 heavy (non-hydrogen) atoms. The van der Waals surface area contributed by atoms with Crippen molar-refractivity contribution in [2.45, 2.75) is 57.6 Å². The van der Waals surface area contributed by atoms with Crippen molar-refractivity contribution in [1.82, 2.24) is 15.5 Å². The zero-order valence-electron chi connectivity index (χ0n) is 20.0. The fourth-order valence-electron chi connectivity index (χ4n) is 4.61. The van der Waals surface area contributed by atoms with Crippen LogP contribution in [-0.2, 0) is 16.0 Å². The van der Waals surface area contributed by atoms with E-state index in [-0.39, 0.29) is 24.0 Å². The SMILES string of the molecule is CN=C(NCCCOC1CCN(Cc2ccccc2)CC1)NCC1(CCOC)CCC1.I. The third-order valence-corrected chi connectivity index (χ3v) is 6.86. The fraction of sp³-hybridized carbons (Fsp3) is 0.720. The van der Waals surface area contributed by atoms with Crippen LogP contribution in [0.15, 0.2) is 35.3 Å². The molecule has 7 heteroatoms. The van der Waals surface area contributed by atoms with Crippen molar-refractivity contribution < 1.29 is 9.47 Å². The molecule has 1 aliphatic carbocycles.